The number of halogens is 1. The predicted molar refractivity (Wildman–Crippen MR) is 136 cm³/mol. The molecule has 1 saturated carbocycles. The number of nitriles is 2. The minimum Gasteiger partial charge on any atom is -0.444 e. The standard InChI is InChI=1S/C28H29ClN4O3/c1-28(2,3)36-27(35)33-23-11-10-20(13-23)25(33)26(34)32-22(16-31)12-17-4-6-18(7-5-17)19-8-9-21(15-30)24(29)14-19/h4-9,14,20,22-23,25H,10-13H2,1-3H3,(H,32,34). The van der Waals surface area contributed by atoms with Crippen LogP contribution in [0, 0.1) is 28.6 Å². The fraction of sp³-hybridized carbons (Fsp3) is 0.429. The van der Waals surface area contributed by atoms with Gasteiger partial charge in [0.2, 0.25) is 5.91 Å². The number of benzene rings is 2. The van der Waals surface area contributed by atoms with Gasteiger partial charge in [-0.2, -0.15) is 10.5 Å². The number of nitrogens with zero attached hydrogens (tertiary/aromatic N) is 3. The molecule has 36 heavy (non-hydrogen) atoms. The monoisotopic (exact) mass is 504 g/mol. The van der Waals surface area contributed by atoms with Crippen LogP contribution in [0.1, 0.15) is 51.2 Å². The summed E-state index contributed by atoms with van der Waals surface area (Å²) in [6.07, 6.45) is 2.41. The molecule has 1 heterocycles. The third-order valence-electron chi connectivity index (χ3n) is 6.75. The minimum atomic E-state index is -0.729. The van der Waals surface area contributed by atoms with Crippen molar-refractivity contribution >= 4 is 23.6 Å². The van der Waals surface area contributed by atoms with Gasteiger partial charge < -0.3 is 10.1 Å². The zero-order valence-corrected chi connectivity index (χ0v) is 21.4. The number of hydrogen-bond acceptors (Lipinski definition) is 5. The molecule has 1 aliphatic carbocycles. The fourth-order valence-electron chi connectivity index (χ4n) is 5.14. The number of amides is 2. The summed E-state index contributed by atoms with van der Waals surface area (Å²) >= 11 is 6.15. The van der Waals surface area contributed by atoms with E-state index in [0.29, 0.717) is 17.0 Å². The van der Waals surface area contributed by atoms with Crippen molar-refractivity contribution in [1.82, 2.24) is 10.2 Å². The number of piperidine rings is 1. The molecule has 2 aromatic carbocycles. The number of carbonyl (C=O) groups is 2. The van der Waals surface area contributed by atoms with E-state index in [2.05, 4.69) is 11.4 Å². The molecular weight excluding hydrogens is 476 g/mol. The molecule has 8 heteroatoms. The van der Waals surface area contributed by atoms with Crippen molar-refractivity contribution in [3.8, 4) is 23.3 Å². The topological polar surface area (TPSA) is 106 Å². The Bertz CT molecular complexity index is 1240. The number of carbonyl (C=O) groups excluding carboxylic acids is 2. The lowest BCUT2D eigenvalue weighted by Crippen LogP contribution is -2.55. The predicted octanol–water partition coefficient (Wildman–Crippen LogP) is 5.22. The van der Waals surface area contributed by atoms with Crippen LogP contribution in [-0.2, 0) is 16.0 Å². The Morgan fingerprint density at radius 1 is 1.14 bits per heavy atom. The van der Waals surface area contributed by atoms with Crippen LogP contribution in [0.25, 0.3) is 11.1 Å². The zero-order valence-electron chi connectivity index (χ0n) is 20.6. The van der Waals surface area contributed by atoms with Crippen LogP contribution < -0.4 is 5.32 Å². The Hall–Kier alpha value is -3.55. The largest absolute Gasteiger partial charge is 0.444 e. The van der Waals surface area contributed by atoms with Crippen molar-refractivity contribution < 1.29 is 14.3 Å². The molecule has 2 amide bonds. The third kappa shape index (κ3) is 5.48. The van der Waals surface area contributed by atoms with Crippen LogP contribution in [-0.4, -0.2) is 40.6 Å². The molecule has 2 aliphatic rings. The van der Waals surface area contributed by atoms with E-state index < -0.39 is 23.8 Å². The lowest BCUT2D eigenvalue weighted by atomic mass is 9.97. The van der Waals surface area contributed by atoms with Crippen LogP contribution in [0.2, 0.25) is 5.02 Å². The van der Waals surface area contributed by atoms with Gasteiger partial charge in [-0.05, 0) is 74.8 Å². The molecule has 4 atom stereocenters. The molecule has 2 bridgehead atoms. The zero-order chi connectivity index (χ0) is 26.0. The van der Waals surface area contributed by atoms with Crippen molar-refractivity contribution in [2.75, 3.05) is 0 Å². The van der Waals surface area contributed by atoms with Crippen LogP contribution in [0.15, 0.2) is 42.5 Å². The van der Waals surface area contributed by atoms with E-state index in [1.807, 2.05) is 36.4 Å². The summed E-state index contributed by atoms with van der Waals surface area (Å²) in [7, 11) is 0. The summed E-state index contributed by atoms with van der Waals surface area (Å²) < 4.78 is 5.57. The summed E-state index contributed by atoms with van der Waals surface area (Å²) in [5, 5.41) is 22.1. The maximum absolute atomic E-state index is 13.3. The normalized spacial score (nSPS) is 21.4. The van der Waals surface area contributed by atoms with Gasteiger partial charge in [0.05, 0.1) is 16.7 Å². The molecule has 4 unspecified atom stereocenters. The molecule has 1 saturated heterocycles. The number of hydrogen-bond donors (Lipinski definition) is 1. The quantitative estimate of drug-likeness (QED) is 0.601. The van der Waals surface area contributed by atoms with E-state index in [1.165, 1.54) is 0 Å². The van der Waals surface area contributed by atoms with Crippen LogP contribution >= 0.6 is 11.6 Å². The average Bonchev–Trinajstić information content (AvgIpc) is 3.45. The summed E-state index contributed by atoms with van der Waals surface area (Å²) in [5.74, 6) is -0.219. The van der Waals surface area contributed by atoms with Crippen molar-refractivity contribution in [1.29, 1.82) is 10.5 Å². The molecule has 186 valence electrons. The lowest BCUT2D eigenvalue weighted by Gasteiger charge is -2.35. The van der Waals surface area contributed by atoms with Gasteiger partial charge in [-0.3, -0.25) is 9.69 Å². The highest BCUT2D eigenvalue weighted by atomic mass is 35.5. The van der Waals surface area contributed by atoms with Gasteiger partial charge in [-0.1, -0.05) is 41.9 Å². The minimum absolute atomic E-state index is 0.00408. The number of ether oxygens (including phenoxy) is 1. The maximum atomic E-state index is 13.3. The Morgan fingerprint density at radius 3 is 2.44 bits per heavy atom. The van der Waals surface area contributed by atoms with E-state index in [4.69, 9.17) is 21.6 Å². The Labute approximate surface area is 216 Å². The average molecular weight is 505 g/mol. The second-order valence-electron chi connectivity index (χ2n) is 10.5. The van der Waals surface area contributed by atoms with Crippen LogP contribution in [0.3, 0.4) is 0 Å². The number of rotatable bonds is 5. The molecule has 2 aromatic rings. The van der Waals surface area contributed by atoms with Gasteiger partial charge in [0.25, 0.3) is 0 Å². The van der Waals surface area contributed by atoms with Crippen molar-refractivity contribution in [3.63, 3.8) is 0 Å². The fourth-order valence-corrected chi connectivity index (χ4v) is 5.37. The summed E-state index contributed by atoms with van der Waals surface area (Å²) in [6.45, 7) is 5.42. The molecule has 0 spiro atoms. The molecule has 0 aromatic heterocycles. The number of fused-ring (bicyclic) bond motifs is 2. The Kier molecular flexibility index (Phi) is 7.24. The van der Waals surface area contributed by atoms with Crippen molar-refractivity contribution in [2.45, 2.75) is 70.2 Å². The summed E-state index contributed by atoms with van der Waals surface area (Å²) in [4.78, 5) is 27.7. The van der Waals surface area contributed by atoms with Crippen molar-refractivity contribution in [2.24, 2.45) is 5.92 Å². The van der Waals surface area contributed by atoms with E-state index in [0.717, 1.165) is 36.0 Å². The Morgan fingerprint density at radius 2 is 1.83 bits per heavy atom. The maximum Gasteiger partial charge on any atom is 0.411 e. The first-order chi connectivity index (χ1) is 17.1. The summed E-state index contributed by atoms with van der Waals surface area (Å²) in [6, 6.07) is 15.8. The first kappa shape index (κ1) is 25.5. The van der Waals surface area contributed by atoms with Crippen LogP contribution in [0.4, 0.5) is 4.79 Å². The lowest BCUT2D eigenvalue weighted by molar-refractivity contribution is -0.128. The Balaban J connectivity index is 1.42. The summed E-state index contributed by atoms with van der Waals surface area (Å²) in [5.41, 5.74) is 2.48. The third-order valence-corrected chi connectivity index (χ3v) is 7.06. The van der Waals surface area contributed by atoms with Crippen molar-refractivity contribution in [3.05, 3.63) is 58.6 Å². The van der Waals surface area contributed by atoms with Gasteiger partial charge in [-0.25, -0.2) is 4.79 Å². The molecule has 0 radical (unpaired) electrons. The first-order valence-corrected chi connectivity index (χ1v) is 12.5. The van der Waals surface area contributed by atoms with Gasteiger partial charge >= 0.3 is 6.09 Å². The van der Waals surface area contributed by atoms with E-state index >= 15 is 0 Å². The van der Waals surface area contributed by atoms with Gasteiger partial charge in [0.1, 0.15) is 23.8 Å². The van der Waals surface area contributed by atoms with Crippen LogP contribution in [0.5, 0.6) is 0 Å². The molecule has 7 nitrogen and oxygen atoms in total. The second kappa shape index (κ2) is 10.2. The molecule has 1 aliphatic heterocycles. The highest BCUT2D eigenvalue weighted by molar-refractivity contribution is 6.32. The first-order valence-electron chi connectivity index (χ1n) is 12.1. The number of nitrogens with one attached hydrogen (secondary N) is 1. The highest BCUT2D eigenvalue weighted by Crippen LogP contribution is 2.43. The smallest absolute Gasteiger partial charge is 0.411 e. The van der Waals surface area contributed by atoms with E-state index in [1.54, 1.807) is 37.8 Å². The van der Waals surface area contributed by atoms with Gasteiger partial charge in [-0.15, -0.1) is 0 Å². The molecule has 4 rings (SSSR count). The van der Waals surface area contributed by atoms with Gasteiger partial charge in [0.15, 0.2) is 0 Å². The SMILES string of the molecule is CC(C)(C)OC(=O)N1C2CCC(C2)C1C(=O)NC(C#N)Cc1ccc(-c2ccc(C#N)c(Cl)c2)cc1. The van der Waals surface area contributed by atoms with E-state index in [9.17, 15) is 14.9 Å². The van der Waals surface area contributed by atoms with Gasteiger partial charge in [0, 0.05) is 12.5 Å². The molecule has 1 N–H and O–H groups in total. The second-order valence-corrected chi connectivity index (χ2v) is 10.9. The number of likely N-dealkylation sites (tertiary alicyclic amines) is 1. The molecular formula is C28H29ClN4O3. The van der Waals surface area contributed by atoms with E-state index in [-0.39, 0.29) is 17.9 Å². The highest BCUT2D eigenvalue weighted by Gasteiger charge is 2.52. The molecule has 2 fully saturated rings.